The van der Waals surface area contributed by atoms with Crippen LogP contribution in [0.15, 0.2) is 18.1 Å². The highest BCUT2D eigenvalue weighted by Gasteiger charge is 2.14. The molecule has 0 heterocycles. The Morgan fingerprint density at radius 3 is 2.15 bits per heavy atom. The second-order valence-electron chi connectivity index (χ2n) is 2.18. The van der Waals surface area contributed by atoms with Crippen molar-refractivity contribution in [2.24, 2.45) is 5.73 Å². The summed E-state index contributed by atoms with van der Waals surface area (Å²) >= 11 is 0. The van der Waals surface area contributed by atoms with E-state index in [0.717, 1.165) is 0 Å². The Morgan fingerprint density at radius 1 is 1.38 bits per heavy atom. The highest BCUT2D eigenvalue weighted by atomic mass is 16.5. The van der Waals surface area contributed by atoms with E-state index in [1.165, 1.54) is 14.2 Å². The summed E-state index contributed by atoms with van der Waals surface area (Å²) in [5.41, 5.74) is 4.94. The number of rotatable bonds is 3. The van der Waals surface area contributed by atoms with Gasteiger partial charge < -0.3 is 15.2 Å². The maximum absolute atomic E-state index is 11.2. The molecule has 0 unspecified atom stereocenters. The molecule has 0 spiro atoms. The van der Waals surface area contributed by atoms with E-state index in [1.54, 1.807) is 0 Å². The molecule has 0 radical (unpaired) electrons. The number of ether oxygens (including phenoxy) is 2. The van der Waals surface area contributed by atoms with Crippen molar-refractivity contribution in [3.8, 4) is 11.5 Å². The van der Waals surface area contributed by atoms with Crippen molar-refractivity contribution in [2.45, 2.75) is 0 Å². The van der Waals surface area contributed by atoms with Gasteiger partial charge in [0.05, 0.1) is 18.3 Å². The Bertz CT molecular complexity index is 417. The van der Waals surface area contributed by atoms with Crippen LogP contribution in [0.2, 0.25) is 0 Å². The number of amides is 1. The lowest BCUT2D eigenvalue weighted by Gasteiger charge is -2.09. The summed E-state index contributed by atoms with van der Waals surface area (Å²) in [5, 5.41) is 0. The molecular formula is C9H11NO3. The minimum Gasteiger partial charge on any atom is -0.496 e. The van der Waals surface area contributed by atoms with E-state index in [-0.39, 0.29) is 35.2 Å². The van der Waals surface area contributed by atoms with E-state index in [4.69, 9.17) is 19.3 Å². The first-order chi connectivity index (χ1) is 7.45. The van der Waals surface area contributed by atoms with E-state index in [0.29, 0.717) is 0 Å². The Kier molecular flexibility index (Phi) is 1.71. The van der Waals surface area contributed by atoms with Gasteiger partial charge in [0, 0.05) is 0 Å². The fraction of sp³-hybridized carbons (Fsp3) is 0.222. The molecule has 1 rings (SSSR count). The van der Waals surface area contributed by atoms with Gasteiger partial charge in [-0.1, -0.05) is 6.04 Å². The predicted octanol–water partition coefficient (Wildman–Crippen LogP) is 0.803. The summed E-state index contributed by atoms with van der Waals surface area (Å²) in [4.78, 5) is 11.2. The molecule has 0 saturated carbocycles. The van der Waals surface area contributed by atoms with Crippen molar-refractivity contribution in [3.05, 3.63) is 23.7 Å². The molecule has 1 aromatic carbocycles. The average Bonchev–Trinajstić information content (AvgIpc) is 2.25. The van der Waals surface area contributed by atoms with E-state index in [2.05, 4.69) is 0 Å². The van der Waals surface area contributed by atoms with Crippen molar-refractivity contribution in [2.75, 3.05) is 14.2 Å². The van der Waals surface area contributed by atoms with Crippen molar-refractivity contribution in [1.29, 1.82) is 0 Å². The molecule has 4 nitrogen and oxygen atoms in total. The van der Waals surface area contributed by atoms with Gasteiger partial charge in [0.15, 0.2) is 0 Å². The van der Waals surface area contributed by atoms with Crippen molar-refractivity contribution in [3.63, 3.8) is 0 Å². The van der Waals surface area contributed by atoms with Crippen molar-refractivity contribution >= 4 is 5.91 Å². The molecule has 0 aliphatic heterocycles. The molecule has 13 heavy (non-hydrogen) atoms. The topological polar surface area (TPSA) is 61.5 Å². The lowest BCUT2D eigenvalue weighted by Crippen LogP contribution is -2.13. The van der Waals surface area contributed by atoms with E-state index in [9.17, 15) is 4.79 Å². The van der Waals surface area contributed by atoms with Crippen LogP contribution in [0.4, 0.5) is 0 Å². The fourth-order valence-electron chi connectivity index (χ4n) is 0.903. The van der Waals surface area contributed by atoms with Gasteiger partial charge in [0.2, 0.25) is 0 Å². The first-order valence-electron chi connectivity index (χ1n) is 4.97. The molecule has 0 atom stereocenters. The van der Waals surface area contributed by atoms with E-state index in [1.807, 2.05) is 0 Å². The van der Waals surface area contributed by atoms with Crippen LogP contribution < -0.4 is 15.2 Å². The molecule has 2 N–H and O–H groups in total. The van der Waals surface area contributed by atoms with Gasteiger partial charge >= 0.3 is 0 Å². The monoisotopic (exact) mass is 184 g/mol. The summed E-state index contributed by atoms with van der Waals surface area (Å²) in [6, 6.07) is -1.09. The molecular weight excluding hydrogens is 170 g/mol. The summed E-state index contributed by atoms with van der Waals surface area (Å²) in [6.07, 6.45) is 0. The van der Waals surface area contributed by atoms with Crippen LogP contribution in [0.25, 0.3) is 0 Å². The smallest absolute Gasteiger partial charge is 0.256 e. The van der Waals surface area contributed by atoms with Crippen molar-refractivity contribution in [1.82, 2.24) is 0 Å². The van der Waals surface area contributed by atoms with E-state index < -0.39 is 5.91 Å². The SMILES string of the molecule is [2H]c1c([2H])c(OC)c(C(N)=O)c(OC)c1[2H]. The van der Waals surface area contributed by atoms with Crippen molar-refractivity contribution < 1.29 is 18.4 Å². The zero-order valence-electron chi connectivity index (χ0n) is 10.3. The van der Waals surface area contributed by atoms with Gasteiger partial charge in [-0.25, -0.2) is 0 Å². The number of primary amides is 1. The Labute approximate surface area is 80.5 Å². The third-order valence-electron chi connectivity index (χ3n) is 1.46. The number of hydrogen-bond acceptors (Lipinski definition) is 3. The van der Waals surface area contributed by atoms with Gasteiger partial charge in [-0.2, -0.15) is 0 Å². The molecule has 70 valence electrons. The second-order valence-corrected chi connectivity index (χ2v) is 2.18. The van der Waals surface area contributed by atoms with Gasteiger partial charge in [-0.15, -0.1) is 0 Å². The van der Waals surface area contributed by atoms with Gasteiger partial charge in [0.1, 0.15) is 17.1 Å². The first-order valence-corrected chi connectivity index (χ1v) is 3.47. The minimum absolute atomic E-state index is 0.148. The minimum atomic E-state index is -0.865. The summed E-state index contributed by atoms with van der Waals surface area (Å²) in [6.45, 7) is 0. The molecule has 0 aromatic heterocycles. The molecule has 0 fully saturated rings. The number of benzene rings is 1. The van der Waals surface area contributed by atoms with Gasteiger partial charge in [-0.3, -0.25) is 4.79 Å². The highest BCUT2D eigenvalue weighted by Crippen LogP contribution is 2.27. The molecule has 1 aromatic rings. The fourth-order valence-corrected chi connectivity index (χ4v) is 0.903. The van der Waals surface area contributed by atoms with Crippen LogP contribution in [0, 0.1) is 0 Å². The molecule has 4 heteroatoms. The number of nitrogens with two attached hydrogens (primary N) is 1. The Balaban J connectivity index is 3.73. The molecule has 0 saturated heterocycles. The largest absolute Gasteiger partial charge is 0.496 e. The van der Waals surface area contributed by atoms with E-state index >= 15 is 0 Å². The lowest BCUT2D eigenvalue weighted by molar-refractivity contribution is 0.0994. The van der Waals surface area contributed by atoms with Crippen LogP contribution >= 0.6 is 0 Å². The molecule has 0 aliphatic carbocycles. The number of carbonyl (C=O) groups is 1. The maximum Gasteiger partial charge on any atom is 0.256 e. The van der Waals surface area contributed by atoms with Crippen LogP contribution in [-0.2, 0) is 0 Å². The van der Waals surface area contributed by atoms with Crippen LogP contribution in [0.1, 0.15) is 14.5 Å². The Morgan fingerprint density at radius 2 is 1.85 bits per heavy atom. The first kappa shape index (κ1) is 5.85. The number of hydrogen-bond donors (Lipinski definition) is 1. The van der Waals surface area contributed by atoms with Crippen LogP contribution in [-0.4, -0.2) is 20.1 Å². The lowest BCUT2D eigenvalue weighted by atomic mass is 10.1. The average molecular weight is 184 g/mol. The standard InChI is InChI=1S/C9H11NO3/c1-12-6-4-3-5-7(13-2)8(6)9(10)11/h3-5H,1-2H3,(H2,10,11)/i3D,4D,5D. The summed E-state index contributed by atoms with van der Waals surface area (Å²) in [7, 11) is 2.50. The predicted molar refractivity (Wildman–Crippen MR) is 48.1 cm³/mol. The maximum atomic E-state index is 11.2. The third-order valence-corrected chi connectivity index (χ3v) is 1.46. The number of carbonyl (C=O) groups excluding carboxylic acids is 1. The van der Waals surface area contributed by atoms with Crippen LogP contribution in [0.5, 0.6) is 11.5 Å². The zero-order valence-corrected chi connectivity index (χ0v) is 7.30. The zero-order chi connectivity index (χ0) is 12.5. The highest BCUT2D eigenvalue weighted by molar-refractivity contribution is 5.98. The molecule has 0 aliphatic rings. The summed E-state index contributed by atoms with van der Waals surface area (Å²) < 4.78 is 32.3. The third kappa shape index (κ3) is 1.72. The molecule has 1 amide bonds. The quantitative estimate of drug-likeness (QED) is 0.755. The van der Waals surface area contributed by atoms with Gasteiger partial charge in [0.25, 0.3) is 5.91 Å². The Hall–Kier alpha value is -1.71. The molecule has 0 bridgehead atoms. The normalized spacial score (nSPS) is 12.6. The number of methoxy groups -OCH3 is 2. The summed E-state index contributed by atoms with van der Waals surface area (Å²) in [5.74, 6) is -1.16. The second kappa shape index (κ2) is 3.80. The van der Waals surface area contributed by atoms with Crippen LogP contribution in [0.3, 0.4) is 0 Å². The van der Waals surface area contributed by atoms with Gasteiger partial charge in [-0.05, 0) is 12.1 Å².